The highest BCUT2D eigenvalue weighted by molar-refractivity contribution is 5.94. The van der Waals surface area contributed by atoms with E-state index in [0.29, 0.717) is 5.92 Å². The van der Waals surface area contributed by atoms with Crippen LogP contribution in [0.4, 0.5) is 5.69 Å². The highest BCUT2D eigenvalue weighted by atomic mass is 16.2. The number of rotatable bonds is 4. The van der Waals surface area contributed by atoms with Crippen LogP contribution >= 0.6 is 0 Å². The molecule has 2 rings (SSSR count). The van der Waals surface area contributed by atoms with E-state index in [1.807, 2.05) is 10.9 Å². The van der Waals surface area contributed by atoms with Crippen molar-refractivity contribution in [2.45, 2.75) is 40.7 Å². The van der Waals surface area contributed by atoms with Gasteiger partial charge in [-0.15, -0.1) is 0 Å². The molecule has 1 saturated carbocycles. The van der Waals surface area contributed by atoms with Crippen molar-refractivity contribution in [3.05, 3.63) is 12.4 Å². The van der Waals surface area contributed by atoms with Gasteiger partial charge in [0.05, 0.1) is 11.9 Å². The molecule has 0 saturated heterocycles. The summed E-state index contributed by atoms with van der Waals surface area (Å²) in [7, 11) is 0. The van der Waals surface area contributed by atoms with Crippen molar-refractivity contribution in [1.82, 2.24) is 9.78 Å². The molecule has 1 unspecified atom stereocenters. The van der Waals surface area contributed by atoms with Crippen LogP contribution in [0.15, 0.2) is 12.4 Å². The third kappa shape index (κ3) is 2.87. The molecule has 4 heteroatoms. The van der Waals surface area contributed by atoms with Crippen LogP contribution in [0.5, 0.6) is 0 Å². The summed E-state index contributed by atoms with van der Waals surface area (Å²) in [5.74, 6) is 0.843. The van der Waals surface area contributed by atoms with Crippen molar-refractivity contribution in [1.29, 1.82) is 0 Å². The Kier molecular flexibility index (Phi) is 2.98. The van der Waals surface area contributed by atoms with Crippen molar-refractivity contribution in [3.63, 3.8) is 0 Å². The molecule has 0 bridgehead atoms. The number of nitrogens with one attached hydrogen (secondary N) is 1. The van der Waals surface area contributed by atoms with Gasteiger partial charge in [0.2, 0.25) is 5.91 Å². The second-order valence-electron chi connectivity index (χ2n) is 6.08. The molecule has 94 valence electrons. The molecule has 1 fully saturated rings. The number of amides is 1. The van der Waals surface area contributed by atoms with E-state index >= 15 is 0 Å². The van der Waals surface area contributed by atoms with Gasteiger partial charge >= 0.3 is 0 Å². The Balaban J connectivity index is 1.91. The van der Waals surface area contributed by atoms with Gasteiger partial charge in [0, 0.05) is 18.7 Å². The Morgan fingerprint density at radius 1 is 1.65 bits per heavy atom. The molecule has 1 atom stereocenters. The number of hydrogen-bond donors (Lipinski definition) is 1. The van der Waals surface area contributed by atoms with Crippen molar-refractivity contribution >= 4 is 11.6 Å². The smallest absolute Gasteiger partial charge is 0.228 e. The van der Waals surface area contributed by atoms with Crippen molar-refractivity contribution < 1.29 is 4.79 Å². The zero-order valence-corrected chi connectivity index (χ0v) is 11.0. The van der Waals surface area contributed by atoms with E-state index in [1.54, 1.807) is 6.20 Å². The van der Waals surface area contributed by atoms with Gasteiger partial charge in [0.15, 0.2) is 0 Å². The lowest BCUT2D eigenvalue weighted by Crippen LogP contribution is -2.16. The Bertz CT molecular complexity index is 420. The van der Waals surface area contributed by atoms with Crippen LogP contribution in [0.3, 0.4) is 0 Å². The van der Waals surface area contributed by atoms with E-state index in [4.69, 9.17) is 0 Å². The fourth-order valence-electron chi connectivity index (χ4n) is 2.05. The normalized spacial score (nSPS) is 21.6. The summed E-state index contributed by atoms with van der Waals surface area (Å²) in [5, 5.41) is 7.16. The molecule has 1 aliphatic rings. The number of hydrogen-bond acceptors (Lipinski definition) is 2. The molecule has 1 aliphatic carbocycles. The van der Waals surface area contributed by atoms with Gasteiger partial charge in [0.1, 0.15) is 0 Å². The van der Waals surface area contributed by atoms with Gasteiger partial charge in [-0.2, -0.15) is 5.10 Å². The topological polar surface area (TPSA) is 46.9 Å². The van der Waals surface area contributed by atoms with Crippen LogP contribution in [0.1, 0.15) is 34.1 Å². The first kappa shape index (κ1) is 12.1. The Morgan fingerprint density at radius 3 is 2.82 bits per heavy atom. The largest absolute Gasteiger partial charge is 0.323 e. The first-order valence-corrected chi connectivity index (χ1v) is 6.22. The van der Waals surface area contributed by atoms with Gasteiger partial charge in [-0.05, 0) is 17.8 Å². The monoisotopic (exact) mass is 235 g/mol. The minimum atomic E-state index is 0.124. The summed E-state index contributed by atoms with van der Waals surface area (Å²) in [6, 6.07) is 0. The number of carbonyl (C=O) groups excluding carboxylic acids is 1. The summed E-state index contributed by atoms with van der Waals surface area (Å²) in [6.45, 7) is 9.42. The third-order valence-electron chi connectivity index (χ3n) is 3.28. The highest BCUT2D eigenvalue weighted by Gasteiger charge is 2.50. The average molecular weight is 235 g/mol. The lowest BCUT2D eigenvalue weighted by molar-refractivity contribution is -0.118. The zero-order chi connectivity index (χ0) is 12.6. The molecule has 1 aromatic rings. The van der Waals surface area contributed by atoms with Crippen LogP contribution < -0.4 is 5.32 Å². The van der Waals surface area contributed by atoms with E-state index in [0.717, 1.165) is 18.7 Å². The maximum atomic E-state index is 11.9. The molecule has 17 heavy (non-hydrogen) atoms. The van der Waals surface area contributed by atoms with Crippen molar-refractivity contribution in [3.8, 4) is 0 Å². The van der Waals surface area contributed by atoms with Crippen LogP contribution in [-0.2, 0) is 11.3 Å². The average Bonchev–Trinajstić information content (AvgIpc) is 2.63. The molecule has 4 nitrogen and oxygen atoms in total. The molecule has 0 spiro atoms. The highest BCUT2D eigenvalue weighted by Crippen LogP contribution is 2.51. The quantitative estimate of drug-likeness (QED) is 0.871. The number of carbonyl (C=O) groups is 1. The second-order valence-corrected chi connectivity index (χ2v) is 6.08. The van der Waals surface area contributed by atoms with E-state index < -0.39 is 0 Å². The molecule has 1 amide bonds. The van der Waals surface area contributed by atoms with E-state index in [-0.39, 0.29) is 17.2 Å². The van der Waals surface area contributed by atoms with E-state index in [9.17, 15) is 4.79 Å². The molecule has 0 aromatic carbocycles. The van der Waals surface area contributed by atoms with Gasteiger partial charge < -0.3 is 5.32 Å². The fourth-order valence-corrected chi connectivity index (χ4v) is 2.05. The molecule has 1 aromatic heterocycles. The van der Waals surface area contributed by atoms with E-state index in [2.05, 4.69) is 38.1 Å². The molecular formula is C13H21N3O. The summed E-state index contributed by atoms with van der Waals surface area (Å²) >= 11 is 0. The minimum absolute atomic E-state index is 0.124. The van der Waals surface area contributed by atoms with Crippen LogP contribution in [0.2, 0.25) is 0 Å². The summed E-state index contributed by atoms with van der Waals surface area (Å²) in [4.78, 5) is 11.9. The van der Waals surface area contributed by atoms with Gasteiger partial charge in [-0.1, -0.05) is 27.7 Å². The zero-order valence-electron chi connectivity index (χ0n) is 11.0. The maximum absolute atomic E-state index is 11.9. The van der Waals surface area contributed by atoms with E-state index in [1.165, 1.54) is 0 Å². The Hall–Kier alpha value is -1.32. The summed E-state index contributed by atoms with van der Waals surface area (Å²) < 4.78 is 1.87. The first-order chi connectivity index (χ1) is 7.88. The molecule has 0 radical (unpaired) electrons. The Morgan fingerprint density at radius 2 is 2.29 bits per heavy atom. The van der Waals surface area contributed by atoms with Gasteiger partial charge in [-0.25, -0.2) is 0 Å². The predicted molar refractivity (Wildman–Crippen MR) is 67.6 cm³/mol. The number of nitrogens with zero attached hydrogens (tertiary/aromatic N) is 2. The lowest BCUT2D eigenvalue weighted by Gasteiger charge is -2.05. The van der Waals surface area contributed by atoms with Gasteiger partial charge in [-0.3, -0.25) is 9.48 Å². The molecular weight excluding hydrogens is 214 g/mol. The standard InChI is InChI=1S/C13H21N3O/c1-9(2)7-16-8-10(6-14-16)15-12(17)11-5-13(11,3)4/h6,8-9,11H,5,7H2,1-4H3,(H,15,17). The van der Waals surface area contributed by atoms with Crippen LogP contribution in [-0.4, -0.2) is 15.7 Å². The summed E-state index contributed by atoms with van der Waals surface area (Å²) in [6.07, 6.45) is 4.60. The Labute approximate surface area is 102 Å². The van der Waals surface area contributed by atoms with Crippen LogP contribution in [0, 0.1) is 17.3 Å². The van der Waals surface area contributed by atoms with Gasteiger partial charge in [0.25, 0.3) is 0 Å². The minimum Gasteiger partial charge on any atom is -0.323 e. The SMILES string of the molecule is CC(C)Cn1cc(NC(=O)C2CC2(C)C)cn1. The second kappa shape index (κ2) is 4.17. The van der Waals surface area contributed by atoms with Crippen LogP contribution in [0.25, 0.3) is 0 Å². The number of anilines is 1. The summed E-state index contributed by atoms with van der Waals surface area (Å²) in [5.41, 5.74) is 0.983. The predicted octanol–water partition coefficient (Wildman–Crippen LogP) is 2.52. The molecule has 0 aliphatic heterocycles. The fraction of sp³-hybridized carbons (Fsp3) is 0.692. The van der Waals surface area contributed by atoms with Crippen molar-refractivity contribution in [2.24, 2.45) is 17.3 Å². The maximum Gasteiger partial charge on any atom is 0.228 e. The first-order valence-electron chi connectivity index (χ1n) is 6.22. The lowest BCUT2D eigenvalue weighted by atomic mass is 10.1. The molecule has 1 heterocycles. The molecule has 1 N–H and O–H groups in total. The number of aromatic nitrogens is 2. The van der Waals surface area contributed by atoms with Crippen molar-refractivity contribution in [2.75, 3.05) is 5.32 Å². The third-order valence-corrected chi connectivity index (χ3v) is 3.28.